The van der Waals surface area contributed by atoms with Gasteiger partial charge >= 0.3 is 0 Å². The summed E-state index contributed by atoms with van der Waals surface area (Å²) in [5.41, 5.74) is 7.25. The van der Waals surface area contributed by atoms with Gasteiger partial charge in [-0.15, -0.1) is 0 Å². The lowest BCUT2D eigenvalue weighted by Gasteiger charge is -2.08. The number of anilines is 2. The monoisotopic (exact) mass is 324 g/mol. The van der Waals surface area contributed by atoms with E-state index in [0.29, 0.717) is 22.0 Å². The number of nitrogens with one attached hydrogen (secondary N) is 1. The second-order valence-corrected chi connectivity index (χ2v) is 5.02. The molecule has 0 radical (unpaired) electrons. The fraction of sp³-hybridized carbons (Fsp3) is 0. The first-order chi connectivity index (χ1) is 8.56. The van der Waals surface area contributed by atoms with Crippen LogP contribution in [0.15, 0.2) is 46.9 Å². The molecule has 18 heavy (non-hydrogen) atoms. The zero-order valence-electron chi connectivity index (χ0n) is 9.28. The lowest BCUT2D eigenvalue weighted by Crippen LogP contribution is -2.12. The van der Waals surface area contributed by atoms with Crippen molar-refractivity contribution in [1.29, 1.82) is 0 Å². The minimum Gasteiger partial charge on any atom is -0.399 e. The lowest BCUT2D eigenvalue weighted by molar-refractivity contribution is 0.102. The summed E-state index contributed by atoms with van der Waals surface area (Å²) in [4.78, 5) is 12.0. The van der Waals surface area contributed by atoms with Crippen LogP contribution < -0.4 is 11.1 Å². The molecule has 5 heteroatoms. The summed E-state index contributed by atoms with van der Waals surface area (Å²) in [5.74, 6) is -0.227. The minimum atomic E-state index is -0.227. The fourth-order valence-corrected chi connectivity index (χ4v) is 1.86. The van der Waals surface area contributed by atoms with Gasteiger partial charge < -0.3 is 11.1 Å². The van der Waals surface area contributed by atoms with Gasteiger partial charge in [0.15, 0.2) is 0 Å². The van der Waals surface area contributed by atoms with Crippen LogP contribution in [0.5, 0.6) is 0 Å². The number of carbonyl (C=O) groups excluding carboxylic acids is 1. The van der Waals surface area contributed by atoms with Crippen LogP contribution in [0.25, 0.3) is 0 Å². The SMILES string of the molecule is Nc1ccc(Cl)c(NC(=O)c2ccc(Br)cc2)c1. The molecule has 0 atom stereocenters. The van der Waals surface area contributed by atoms with E-state index in [4.69, 9.17) is 17.3 Å². The van der Waals surface area contributed by atoms with Crippen molar-refractivity contribution in [3.63, 3.8) is 0 Å². The van der Waals surface area contributed by atoms with Gasteiger partial charge in [-0.05, 0) is 42.5 Å². The average molecular weight is 326 g/mol. The molecule has 0 spiro atoms. The highest BCUT2D eigenvalue weighted by Crippen LogP contribution is 2.24. The molecule has 0 bridgehead atoms. The van der Waals surface area contributed by atoms with Crippen LogP contribution in [0.1, 0.15) is 10.4 Å². The van der Waals surface area contributed by atoms with E-state index >= 15 is 0 Å². The predicted molar refractivity (Wildman–Crippen MR) is 78.0 cm³/mol. The smallest absolute Gasteiger partial charge is 0.255 e. The van der Waals surface area contributed by atoms with Gasteiger partial charge in [0.05, 0.1) is 10.7 Å². The molecule has 92 valence electrons. The molecule has 2 rings (SSSR count). The summed E-state index contributed by atoms with van der Waals surface area (Å²) in [6, 6.07) is 12.0. The van der Waals surface area contributed by atoms with Crippen molar-refractivity contribution in [1.82, 2.24) is 0 Å². The van der Waals surface area contributed by atoms with E-state index in [0.717, 1.165) is 4.47 Å². The number of benzene rings is 2. The van der Waals surface area contributed by atoms with Crippen molar-refractivity contribution in [3.05, 3.63) is 57.5 Å². The van der Waals surface area contributed by atoms with Gasteiger partial charge in [-0.1, -0.05) is 27.5 Å². The zero-order valence-corrected chi connectivity index (χ0v) is 11.6. The number of hydrogen-bond acceptors (Lipinski definition) is 2. The Morgan fingerprint density at radius 1 is 1.17 bits per heavy atom. The van der Waals surface area contributed by atoms with Crippen LogP contribution in [0.3, 0.4) is 0 Å². The first-order valence-electron chi connectivity index (χ1n) is 5.18. The normalized spacial score (nSPS) is 10.1. The van der Waals surface area contributed by atoms with Crippen molar-refractivity contribution in [3.8, 4) is 0 Å². The zero-order chi connectivity index (χ0) is 13.1. The van der Waals surface area contributed by atoms with Gasteiger partial charge in [0.25, 0.3) is 5.91 Å². The summed E-state index contributed by atoms with van der Waals surface area (Å²) < 4.78 is 0.918. The number of nitrogens with two attached hydrogens (primary N) is 1. The highest BCUT2D eigenvalue weighted by atomic mass is 79.9. The summed E-state index contributed by atoms with van der Waals surface area (Å²) in [6.45, 7) is 0. The van der Waals surface area contributed by atoms with E-state index in [1.54, 1.807) is 42.5 Å². The van der Waals surface area contributed by atoms with Gasteiger partial charge in [0.1, 0.15) is 0 Å². The average Bonchev–Trinajstić information content (AvgIpc) is 2.34. The first kappa shape index (κ1) is 12.9. The molecule has 0 aliphatic rings. The second-order valence-electron chi connectivity index (χ2n) is 3.70. The third-order valence-corrected chi connectivity index (χ3v) is 3.20. The van der Waals surface area contributed by atoms with E-state index in [1.165, 1.54) is 0 Å². The summed E-state index contributed by atoms with van der Waals surface area (Å²) in [5, 5.41) is 3.17. The van der Waals surface area contributed by atoms with Crippen LogP contribution in [0.4, 0.5) is 11.4 Å². The molecule has 0 saturated carbocycles. The Morgan fingerprint density at radius 2 is 1.83 bits per heavy atom. The molecule has 0 aliphatic heterocycles. The van der Waals surface area contributed by atoms with Crippen LogP contribution in [0, 0.1) is 0 Å². The van der Waals surface area contributed by atoms with Crippen LogP contribution in [-0.2, 0) is 0 Å². The topological polar surface area (TPSA) is 55.1 Å². The van der Waals surface area contributed by atoms with Crippen molar-refractivity contribution in [2.24, 2.45) is 0 Å². The lowest BCUT2D eigenvalue weighted by atomic mass is 10.2. The highest BCUT2D eigenvalue weighted by Gasteiger charge is 2.08. The molecule has 3 N–H and O–H groups in total. The molecule has 0 heterocycles. The van der Waals surface area contributed by atoms with Gasteiger partial charge in [-0.2, -0.15) is 0 Å². The number of halogens is 2. The maximum Gasteiger partial charge on any atom is 0.255 e. The van der Waals surface area contributed by atoms with Crippen molar-refractivity contribution in [2.45, 2.75) is 0 Å². The number of rotatable bonds is 2. The fourth-order valence-electron chi connectivity index (χ4n) is 1.43. The maximum atomic E-state index is 12.0. The number of nitrogen functional groups attached to an aromatic ring is 1. The Bertz CT molecular complexity index is 584. The van der Waals surface area contributed by atoms with Crippen LogP contribution >= 0.6 is 27.5 Å². The van der Waals surface area contributed by atoms with E-state index < -0.39 is 0 Å². The molecule has 0 fully saturated rings. The first-order valence-corrected chi connectivity index (χ1v) is 6.35. The Balaban J connectivity index is 2.21. The van der Waals surface area contributed by atoms with Crippen LogP contribution in [0.2, 0.25) is 5.02 Å². The second kappa shape index (κ2) is 5.42. The van der Waals surface area contributed by atoms with Gasteiger partial charge in [-0.25, -0.2) is 0 Å². The van der Waals surface area contributed by atoms with E-state index in [2.05, 4.69) is 21.2 Å². The van der Waals surface area contributed by atoms with Gasteiger partial charge in [-0.3, -0.25) is 4.79 Å². The standard InChI is InChI=1S/C13H10BrClN2O/c14-9-3-1-8(2-4-9)13(18)17-12-7-10(16)5-6-11(12)15/h1-7H,16H2,(H,17,18). The Hall–Kier alpha value is -1.52. The molecule has 2 aromatic rings. The molecule has 0 saturated heterocycles. The minimum absolute atomic E-state index is 0.227. The largest absolute Gasteiger partial charge is 0.399 e. The van der Waals surface area contributed by atoms with E-state index in [-0.39, 0.29) is 5.91 Å². The quantitative estimate of drug-likeness (QED) is 0.822. The van der Waals surface area contributed by atoms with Gasteiger partial charge in [0, 0.05) is 15.7 Å². The Labute approximate surface area is 118 Å². The van der Waals surface area contributed by atoms with E-state index in [1.807, 2.05) is 0 Å². The van der Waals surface area contributed by atoms with Gasteiger partial charge in [0.2, 0.25) is 0 Å². The molecule has 0 unspecified atom stereocenters. The predicted octanol–water partition coefficient (Wildman–Crippen LogP) is 3.94. The Morgan fingerprint density at radius 3 is 2.50 bits per heavy atom. The number of amides is 1. The van der Waals surface area contributed by atoms with Crippen molar-refractivity contribution >= 4 is 44.8 Å². The number of hydrogen-bond donors (Lipinski definition) is 2. The third kappa shape index (κ3) is 3.03. The number of carbonyl (C=O) groups is 1. The highest BCUT2D eigenvalue weighted by molar-refractivity contribution is 9.10. The molecule has 0 aliphatic carbocycles. The summed E-state index contributed by atoms with van der Waals surface area (Å²) in [6.07, 6.45) is 0. The summed E-state index contributed by atoms with van der Waals surface area (Å²) >= 11 is 9.29. The molecular formula is C13H10BrClN2O. The molecular weight excluding hydrogens is 316 g/mol. The van der Waals surface area contributed by atoms with E-state index in [9.17, 15) is 4.79 Å². The molecule has 3 nitrogen and oxygen atoms in total. The Kier molecular flexibility index (Phi) is 3.89. The van der Waals surface area contributed by atoms with Crippen LogP contribution in [-0.4, -0.2) is 5.91 Å². The molecule has 1 amide bonds. The third-order valence-electron chi connectivity index (χ3n) is 2.35. The maximum absolute atomic E-state index is 12.0. The van der Waals surface area contributed by atoms with Crippen molar-refractivity contribution < 1.29 is 4.79 Å². The molecule has 0 aromatic heterocycles. The summed E-state index contributed by atoms with van der Waals surface area (Å²) in [7, 11) is 0. The molecule has 2 aromatic carbocycles. The van der Waals surface area contributed by atoms with Crippen molar-refractivity contribution in [2.75, 3.05) is 11.1 Å².